The first-order chi connectivity index (χ1) is 12.8. The van der Waals surface area contributed by atoms with Gasteiger partial charge < -0.3 is 10.6 Å². The van der Waals surface area contributed by atoms with Crippen LogP contribution in [0, 0.1) is 5.92 Å². The van der Waals surface area contributed by atoms with E-state index < -0.39 is 10.0 Å². The van der Waals surface area contributed by atoms with Crippen molar-refractivity contribution in [1.29, 1.82) is 0 Å². The number of rotatable bonds is 8. The Morgan fingerprint density at radius 3 is 2.56 bits per heavy atom. The van der Waals surface area contributed by atoms with E-state index in [1.165, 1.54) is 0 Å². The smallest absolute Gasteiger partial charge is 0.213 e. The molecule has 2 unspecified atom stereocenters. The summed E-state index contributed by atoms with van der Waals surface area (Å²) in [7, 11) is -1.64. The van der Waals surface area contributed by atoms with Crippen molar-refractivity contribution < 1.29 is 8.42 Å². The molecule has 0 amide bonds. The fourth-order valence-corrected chi connectivity index (χ4v) is 4.05. The predicted molar refractivity (Wildman–Crippen MR) is 111 cm³/mol. The Bertz CT molecular complexity index is 706. The van der Waals surface area contributed by atoms with Crippen LogP contribution in [0.5, 0.6) is 0 Å². The van der Waals surface area contributed by atoms with Crippen LogP contribution in [0.2, 0.25) is 0 Å². The molecule has 1 fully saturated rings. The molecule has 0 aliphatic carbocycles. The number of hydrogen-bond donors (Lipinski definition) is 3. The minimum Gasteiger partial charge on any atom is -0.355 e. The molecule has 1 aliphatic heterocycles. The Kier molecular flexibility index (Phi) is 8.07. The maximum atomic E-state index is 12.2. The van der Waals surface area contributed by atoms with E-state index in [1.54, 1.807) is 7.05 Å². The van der Waals surface area contributed by atoms with Gasteiger partial charge in [0, 0.05) is 45.3 Å². The molecular formula is C19H33N5O2S. The minimum atomic E-state index is -3.35. The van der Waals surface area contributed by atoms with Crippen LogP contribution in [-0.4, -0.2) is 63.8 Å². The highest BCUT2D eigenvalue weighted by atomic mass is 32.2. The molecule has 152 valence electrons. The van der Waals surface area contributed by atoms with Crippen LogP contribution in [0.4, 0.5) is 0 Å². The molecule has 3 N–H and O–H groups in total. The summed E-state index contributed by atoms with van der Waals surface area (Å²) >= 11 is 0. The van der Waals surface area contributed by atoms with Crippen molar-refractivity contribution in [2.45, 2.75) is 39.4 Å². The molecule has 2 atom stereocenters. The van der Waals surface area contributed by atoms with Crippen molar-refractivity contribution in [2.24, 2.45) is 10.9 Å². The number of hydrogen-bond acceptors (Lipinski definition) is 4. The van der Waals surface area contributed by atoms with Crippen molar-refractivity contribution >= 4 is 16.0 Å². The third-order valence-electron chi connectivity index (χ3n) is 4.92. The molecule has 1 saturated heterocycles. The first kappa shape index (κ1) is 21.7. The largest absolute Gasteiger partial charge is 0.355 e. The van der Waals surface area contributed by atoms with Gasteiger partial charge >= 0.3 is 0 Å². The third-order valence-corrected chi connectivity index (χ3v) is 6.24. The predicted octanol–water partition coefficient (Wildman–Crippen LogP) is 1.000. The lowest BCUT2D eigenvalue weighted by atomic mass is 10.1. The molecule has 1 aromatic rings. The van der Waals surface area contributed by atoms with Gasteiger partial charge in [-0.3, -0.25) is 9.89 Å². The summed E-state index contributed by atoms with van der Waals surface area (Å²) in [5.74, 6) is 1.16. The normalized spacial score (nSPS) is 21.6. The zero-order valence-electron chi connectivity index (χ0n) is 16.8. The summed E-state index contributed by atoms with van der Waals surface area (Å²) in [5.41, 5.74) is 0.941. The average molecular weight is 396 g/mol. The average Bonchev–Trinajstić information content (AvgIpc) is 3.01. The van der Waals surface area contributed by atoms with Crippen LogP contribution in [0.3, 0.4) is 0 Å². The molecule has 8 heteroatoms. The maximum Gasteiger partial charge on any atom is 0.213 e. The van der Waals surface area contributed by atoms with E-state index in [0.29, 0.717) is 37.1 Å². The molecule has 1 aliphatic rings. The standard InChI is InChI=1S/C19H33N5O2S/c1-15(2)24-13-16(3)18(14-24)23-19(20-4)21-10-11-27(25,26)22-12-17-8-6-5-7-9-17/h5-9,15-16,18,22H,10-14H2,1-4H3,(H2,20,21,23). The van der Waals surface area contributed by atoms with Crippen LogP contribution < -0.4 is 15.4 Å². The number of likely N-dealkylation sites (tertiary alicyclic amines) is 1. The van der Waals surface area contributed by atoms with Gasteiger partial charge in [-0.25, -0.2) is 13.1 Å². The third kappa shape index (κ3) is 7.12. The molecule has 0 bridgehead atoms. The van der Waals surface area contributed by atoms with Gasteiger partial charge in [0.05, 0.1) is 5.75 Å². The zero-order valence-corrected chi connectivity index (χ0v) is 17.6. The number of guanidine groups is 1. The number of aliphatic imine (C=N–C) groups is 1. The van der Waals surface area contributed by atoms with E-state index in [4.69, 9.17) is 0 Å². The molecule has 0 aromatic heterocycles. The van der Waals surface area contributed by atoms with E-state index in [9.17, 15) is 8.42 Å². The molecule has 1 heterocycles. The Morgan fingerprint density at radius 1 is 1.26 bits per heavy atom. The van der Waals surface area contributed by atoms with Gasteiger partial charge in [-0.15, -0.1) is 0 Å². The first-order valence-corrected chi connectivity index (χ1v) is 11.2. The van der Waals surface area contributed by atoms with E-state index in [0.717, 1.165) is 18.7 Å². The summed E-state index contributed by atoms with van der Waals surface area (Å²) < 4.78 is 27.0. The van der Waals surface area contributed by atoms with Crippen molar-refractivity contribution in [3.8, 4) is 0 Å². The summed E-state index contributed by atoms with van der Waals surface area (Å²) in [6, 6.07) is 10.3. The summed E-state index contributed by atoms with van der Waals surface area (Å²) in [5, 5.41) is 6.54. The molecule has 7 nitrogen and oxygen atoms in total. The second-order valence-corrected chi connectivity index (χ2v) is 9.33. The van der Waals surface area contributed by atoms with Gasteiger partial charge in [-0.2, -0.15) is 0 Å². The Labute approximate surface area is 163 Å². The van der Waals surface area contributed by atoms with E-state index in [2.05, 4.69) is 46.0 Å². The molecule has 0 saturated carbocycles. The summed E-state index contributed by atoms with van der Waals surface area (Å²) in [6.45, 7) is 9.27. The van der Waals surface area contributed by atoms with Crippen molar-refractivity contribution in [3.05, 3.63) is 35.9 Å². The number of nitrogens with zero attached hydrogens (tertiary/aromatic N) is 2. The highest BCUT2D eigenvalue weighted by Gasteiger charge is 2.31. The van der Waals surface area contributed by atoms with Crippen LogP contribution in [0.25, 0.3) is 0 Å². The molecule has 27 heavy (non-hydrogen) atoms. The quantitative estimate of drug-likeness (QED) is 0.452. The topological polar surface area (TPSA) is 85.8 Å². The number of nitrogens with one attached hydrogen (secondary N) is 3. The van der Waals surface area contributed by atoms with Gasteiger partial charge in [-0.05, 0) is 25.3 Å². The van der Waals surface area contributed by atoms with Crippen LogP contribution in [-0.2, 0) is 16.6 Å². The Balaban J connectivity index is 1.75. The van der Waals surface area contributed by atoms with Crippen LogP contribution >= 0.6 is 0 Å². The minimum absolute atomic E-state index is 0.00112. The van der Waals surface area contributed by atoms with Gasteiger partial charge in [0.2, 0.25) is 10.0 Å². The van der Waals surface area contributed by atoms with Gasteiger partial charge in [0.1, 0.15) is 0 Å². The molecule has 0 radical (unpaired) electrons. The maximum absolute atomic E-state index is 12.2. The molecular weight excluding hydrogens is 362 g/mol. The lowest BCUT2D eigenvalue weighted by Gasteiger charge is -2.22. The van der Waals surface area contributed by atoms with Crippen molar-refractivity contribution in [3.63, 3.8) is 0 Å². The Hall–Kier alpha value is -1.64. The van der Waals surface area contributed by atoms with Gasteiger partial charge in [0.15, 0.2) is 5.96 Å². The first-order valence-electron chi connectivity index (χ1n) is 9.53. The van der Waals surface area contributed by atoms with E-state index in [-0.39, 0.29) is 5.75 Å². The highest BCUT2D eigenvalue weighted by Crippen LogP contribution is 2.18. The number of sulfonamides is 1. The van der Waals surface area contributed by atoms with Crippen molar-refractivity contribution in [2.75, 3.05) is 32.4 Å². The molecule has 2 rings (SSSR count). The van der Waals surface area contributed by atoms with E-state index >= 15 is 0 Å². The summed E-state index contributed by atoms with van der Waals surface area (Å²) in [6.07, 6.45) is 0. The zero-order chi connectivity index (χ0) is 19.9. The Morgan fingerprint density at radius 2 is 1.96 bits per heavy atom. The lowest BCUT2D eigenvalue weighted by Crippen LogP contribution is -2.48. The second-order valence-electron chi connectivity index (χ2n) is 7.40. The van der Waals surface area contributed by atoms with Crippen LogP contribution in [0.1, 0.15) is 26.3 Å². The van der Waals surface area contributed by atoms with Gasteiger partial charge in [0.25, 0.3) is 0 Å². The van der Waals surface area contributed by atoms with Crippen LogP contribution in [0.15, 0.2) is 35.3 Å². The fourth-order valence-electron chi connectivity index (χ4n) is 3.15. The van der Waals surface area contributed by atoms with E-state index in [1.807, 2.05) is 30.3 Å². The summed E-state index contributed by atoms with van der Waals surface area (Å²) in [4.78, 5) is 6.67. The monoisotopic (exact) mass is 395 g/mol. The van der Waals surface area contributed by atoms with Crippen molar-refractivity contribution in [1.82, 2.24) is 20.3 Å². The fraction of sp³-hybridized carbons (Fsp3) is 0.632. The second kappa shape index (κ2) is 10.1. The number of benzene rings is 1. The molecule has 1 aromatic carbocycles. The lowest BCUT2D eigenvalue weighted by molar-refractivity contribution is 0.265. The molecule has 0 spiro atoms. The SMILES string of the molecule is CN=C(NCCS(=O)(=O)NCc1ccccc1)NC1CN(C(C)C)CC1C. The highest BCUT2D eigenvalue weighted by molar-refractivity contribution is 7.89. The van der Waals surface area contributed by atoms with Gasteiger partial charge in [-0.1, -0.05) is 37.3 Å².